The number of ether oxygens (including phenoxy) is 2. The number of fused-ring (bicyclic) bond motifs is 1. The van der Waals surface area contributed by atoms with Gasteiger partial charge in [-0.15, -0.1) is 0 Å². The highest BCUT2D eigenvalue weighted by molar-refractivity contribution is 6.30. The van der Waals surface area contributed by atoms with E-state index in [4.69, 9.17) is 31.2 Å². The van der Waals surface area contributed by atoms with E-state index in [1.54, 1.807) is 31.6 Å². The minimum Gasteiger partial charge on any atom is -0.497 e. The van der Waals surface area contributed by atoms with E-state index in [-0.39, 0.29) is 6.61 Å². The molecule has 1 aromatic heterocycles. The van der Waals surface area contributed by atoms with Gasteiger partial charge in [-0.1, -0.05) is 17.7 Å². The molecule has 4 rings (SSSR count). The number of anilines is 1. The van der Waals surface area contributed by atoms with Crippen molar-refractivity contribution in [2.24, 2.45) is 10.7 Å². The molecule has 0 spiro atoms. The van der Waals surface area contributed by atoms with Gasteiger partial charge in [-0.05, 0) is 48.5 Å². The van der Waals surface area contributed by atoms with Crippen molar-refractivity contribution in [3.63, 3.8) is 0 Å². The first-order valence-electron chi connectivity index (χ1n) is 8.38. The number of benzene rings is 2. The number of methoxy groups -OCH3 is 1. The zero-order valence-corrected chi connectivity index (χ0v) is 15.4. The SMILES string of the molecule is COc1ccc(N2C(N)=c3ccoc3=NC2COc2cccc(Cl)c2)cc1. The molecule has 0 saturated carbocycles. The number of nitrogens with two attached hydrogens (primary N) is 1. The van der Waals surface area contributed by atoms with Crippen LogP contribution in [0.15, 0.2) is 70.3 Å². The Hall–Kier alpha value is -3.12. The van der Waals surface area contributed by atoms with Crippen molar-refractivity contribution in [3.8, 4) is 11.5 Å². The number of hydrogen-bond donors (Lipinski definition) is 1. The van der Waals surface area contributed by atoms with Crippen LogP contribution in [0.5, 0.6) is 11.5 Å². The van der Waals surface area contributed by atoms with Crippen LogP contribution in [-0.4, -0.2) is 19.9 Å². The topological polar surface area (TPSA) is 73.2 Å². The van der Waals surface area contributed by atoms with Crippen molar-refractivity contribution in [3.05, 3.63) is 76.7 Å². The van der Waals surface area contributed by atoms with Crippen molar-refractivity contribution in [1.29, 1.82) is 0 Å². The van der Waals surface area contributed by atoms with Crippen LogP contribution < -0.4 is 30.9 Å². The van der Waals surface area contributed by atoms with Crippen LogP contribution in [-0.2, 0) is 0 Å². The summed E-state index contributed by atoms with van der Waals surface area (Å²) in [6.07, 6.45) is 1.18. The van der Waals surface area contributed by atoms with Crippen molar-refractivity contribution in [1.82, 2.24) is 0 Å². The molecule has 1 atom stereocenters. The second-order valence-corrected chi connectivity index (χ2v) is 6.41. The van der Waals surface area contributed by atoms with E-state index in [9.17, 15) is 0 Å². The summed E-state index contributed by atoms with van der Waals surface area (Å²) < 4.78 is 16.6. The molecule has 0 saturated heterocycles. The lowest BCUT2D eigenvalue weighted by atomic mass is 10.2. The summed E-state index contributed by atoms with van der Waals surface area (Å²) in [5.74, 6) is 1.98. The first-order valence-corrected chi connectivity index (χ1v) is 8.76. The average molecular weight is 384 g/mol. The Morgan fingerprint density at radius 2 is 1.96 bits per heavy atom. The van der Waals surface area contributed by atoms with Crippen LogP contribution in [0, 0.1) is 0 Å². The Morgan fingerprint density at radius 3 is 2.70 bits per heavy atom. The largest absolute Gasteiger partial charge is 0.497 e. The molecule has 0 bridgehead atoms. The molecule has 138 valence electrons. The highest BCUT2D eigenvalue weighted by Crippen LogP contribution is 2.25. The molecule has 6 nitrogen and oxygen atoms in total. The summed E-state index contributed by atoms with van der Waals surface area (Å²) in [6, 6.07) is 16.7. The summed E-state index contributed by atoms with van der Waals surface area (Å²) in [7, 11) is 1.63. The molecule has 3 aromatic rings. The van der Waals surface area contributed by atoms with E-state index < -0.39 is 6.17 Å². The summed E-state index contributed by atoms with van der Waals surface area (Å²) in [5, 5.41) is 1.37. The molecule has 27 heavy (non-hydrogen) atoms. The Morgan fingerprint density at radius 1 is 1.15 bits per heavy atom. The minimum absolute atomic E-state index is 0.271. The lowest BCUT2D eigenvalue weighted by Crippen LogP contribution is -2.49. The van der Waals surface area contributed by atoms with Crippen LogP contribution in [0.2, 0.25) is 5.02 Å². The molecule has 2 N–H and O–H groups in total. The van der Waals surface area contributed by atoms with Crippen LogP contribution in [0.25, 0.3) is 5.82 Å². The molecule has 2 heterocycles. The second kappa shape index (κ2) is 7.25. The maximum atomic E-state index is 6.44. The van der Waals surface area contributed by atoms with Gasteiger partial charge in [-0.3, -0.25) is 0 Å². The maximum Gasteiger partial charge on any atom is 0.227 e. The number of rotatable bonds is 5. The molecule has 0 radical (unpaired) electrons. The number of furan rings is 1. The van der Waals surface area contributed by atoms with Gasteiger partial charge in [-0.25, -0.2) is 4.99 Å². The minimum atomic E-state index is -0.393. The van der Waals surface area contributed by atoms with E-state index >= 15 is 0 Å². The van der Waals surface area contributed by atoms with Crippen LogP contribution in [0.4, 0.5) is 5.69 Å². The number of nitrogens with zero attached hydrogens (tertiary/aromatic N) is 2. The molecule has 0 fully saturated rings. The fourth-order valence-electron chi connectivity index (χ4n) is 2.97. The van der Waals surface area contributed by atoms with Crippen molar-refractivity contribution >= 4 is 23.1 Å². The molecule has 1 unspecified atom stereocenters. The maximum absolute atomic E-state index is 6.44. The average Bonchev–Trinajstić information content (AvgIpc) is 3.16. The molecule has 1 aliphatic rings. The van der Waals surface area contributed by atoms with Gasteiger partial charge in [-0.2, -0.15) is 0 Å². The Bertz CT molecular complexity index is 1060. The first kappa shape index (κ1) is 17.3. The molecule has 0 aliphatic carbocycles. The lowest BCUT2D eigenvalue weighted by Gasteiger charge is -2.32. The van der Waals surface area contributed by atoms with Gasteiger partial charge >= 0.3 is 0 Å². The summed E-state index contributed by atoms with van der Waals surface area (Å²) in [5.41, 5.74) is 7.81. The standard InChI is InChI=1S/C20H18ClN3O3/c1-25-15-7-5-14(6-8-15)24-18(12-27-16-4-2-3-13(21)11-16)23-20-17(19(24)22)9-10-26-20/h2-11,18H,12,22H2,1H3. The third-order valence-electron chi connectivity index (χ3n) is 4.29. The number of hydrogen-bond acceptors (Lipinski definition) is 6. The van der Waals surface area contributed by atoms with E-state index in [0.717, 1.165) is 16.7 Å². The lowest BCUT2D eigenvalue weighted by molar-refractivity contribution is 0.283. The molecule has 1 aliphatic heterocycles. The quantitative estimate of drug-likeness (QED) is 0.732. The van der Waals surface area contributed by atoms with Gasteiger partial charge in [0.15, 0.2) is 6.17 Å². The highest BCUT2D eigenvalue weighted by Gasteiger charge is 2.26. The Balaban J connectivity index is 1.68. The molecule has 0 amide bonds. The number of halogens is 1. The van der Waals surface area contributed by atoms with E-state index in [0.29, 0.717) is 22.1 Å². The normalized spacial score (nSPS) is 15.9. The fourth-order valence-corrected chi connectivity index (χ4v) is 3.15. The van der Waals surface area contributed by atoms with Gasteiger partial charge in [0.1, 0.15) is 23.9 Å². The third kappa shape index (κ3) is 3.44. The van der Waals surface area contributed by atoms with Crippen molar-refractivity contribution < 1.29 is 13.9 Å². The Labute approximate surface area is 161 Å². The van der Waals surface area contributed by atoms with Gasteiger partial charge in [0.05, 0.1) is 18.6 Å². The first-order chi connectivity index (χ1) is 13.2. The summed E-state index contributed by atoms with van der Waals surface area (Å²) >= 11 is 6.03. The molecule has 7 heteroatoms. The summed E-state index contributed by atoms with van der Waals surface area (Å²) in [4.78, 5) is 6.58. The predicted molar refractivity (Wildman–Crippen MR) is 103 cm³/mol. The van der Waals surface area contributed by atoms with E-state index in [1.165, 1.54) is 0 Å². The van der Waals surface area contributed by atoms with Crippen LogP contribution in [0.1, 0.15) is 0 Å². The highest BCUT2D eigenvalue weighted by atomic mass is 35.5. The molecular weight excluding hydrogens is 366 g/mol. The van der Waals surface area contributed by atoms with Gasteiger partial charge in [0.2, 0.25) is 5.55 Å². The van der Waals surface area contributed by atoms with Gasteiger partial charge in [0, 0.05) is 10.7 Å². The zero-order valence-electron chi connectivity index (χ0n) is 14.6. The van der Waals surface area contributed by atoms with Gasteiger partial charge in [0.25, 0.3) is 0 Å². The van der Waals surface area contributed by atoms with Crippen LogP contribution >= 0.6 is 11.6 Å². The zero-order chi connectivity index (χ0) is 18.8. The van der Waals surface area contributed by atoms with Gasteiger partial charge < -0.3 is 24.5 Å². The van der Waals surface area contributed by atoms with Crippen molar-refractivity contribution in [2.75, 3.05) is 18.6 Å². The molecular formula is C20H18ClN3O3. The summed E-state index contributed by atoms with van der Waals surface area (Å²) in [6.45, 7) is 0.271. The fraction of sp³-hybridized carbons (Fsp3) is 0.150. The monoisotopic (exact) mass is 383 g/mol. The third-order valence-corrected chi connectivity index (χ3v) is 4.53. The smallest absolute Gasteiger partial charge is 0.227 e. The predicted octanol–water partition coefficient (Wildman–Crippen LogP) is 2.51. The second-order valence-electron chi connectivity index (χ2n) is 5.97. The molecule has 2 aromatic carbocycles. The van der Waals surface area contributed by atoms with Crippen molar-refractivity contribution in [2.45, 2.75) is 6.17 Å². The Kier molecular flexibility index (Phi) is 4.64. The van der Waals surface area contributed by atoms with Crippen LogP contribution in [0.3, 0.4) is 0 Å². The van der Waals surface area contributed by atoms with E-state index in [1.807, 2.05) is 41.3 Å². The van der Waals surface area contributed by atoms with E-state index in [2.05, 4.69) is 4.99 Å².